The van der Waals surface area contributed by atoms with Crippen molar-refractivity contribution >= 4 is 28.9 Å². The van der Waals surface area contributed by atoms with E-state index in [4.69, 9.17) is 18.9 Å². The summed E-state index contributed by atoms with van der Waals surface area (Å²) >= 11 is 0. The molecular weight excluding hydrogens is 781 g/mol. The second-order valence-electron chi connectivity index (χ2n) is 15.5. The highest BCUT2D eigenvalue weighted by Crippen LogP contribution is 2.31. The summed E-state index contributed by atoms with van der Waals surface area (Å²) in [4.78, 5) is 54.6. The number of unbranched alkanes of at least 4 members (excludes halogenated alkanes) is 2. The second-order valence-corrected chi connectivity index (χ2v) is 15.5. The molecule has 0 aliphatic carbocycles. The quantitative estimate of drug-likeness (QED) is 0.0376. The third-order valence-electron chi connectivity index (χ3n) is 11.2. The molecule has 4 heterocycles. The number of carbonyl (C=O) groups is 3. The number of nitrogens with one attached hydrogen (secondary N) is 3. The smallest absolute Gasteiger partial charge is 0.408 e. The number of nitrogens with zero attached hydrogens (tertiary/aromatic N) is 1. The predicted octanol–water partition coefficient (Wildman–Crippen LogP) is 5.92. The standard InChI is InChI=1S/C47H52N4O10/c52-39-18-16-37(38-17-19-42(54)49-45(38)39)40(53)27-48-22-5-2-6-25-58-43(55)30-60-46(56)34-14-12-31(13-15-34)29-59-36-11-7-10-35(26-36)44(33-8-3-1-4-9-33)50-47(57)61-41-28-51-23-20-32(41)21-24-51/h1,3-4,7-19,26,32,40-41,44,48,52-53H,2,5-6,20-25,27-30H2,(H,49,54)(H,50,57)/t40-,41+,44?/m1/s1. The fraction of sp³-hybridized carbons (Fsp3) is 0.362. The minimum absolute atomic E-state index is 0.0631. The van der Waals surface area contributed by atoms with Crippen LogP contribution in [0.3, 0.4) is 0 Å². The number of piperidine rings is 3. The number of benzene rings is 4. The van der Waals surface area contributed by atoms with Crippen molar-refractivity contribution in [1.29, 1.82) is 0 Å². The Labute approximate surface area is 353 Å². The van der Waals surface area contributed by atoms with Crippen LogP contribution in [0.2, 0.25) is 0 Å². The van der Waals surface area contributed by atoms with Gasteiger partial charge in [-0.25, -0.2) is 14.4 Å². The normalized spacial score (nSPS) is 17.9. The summed E-state index contributed by atoms with van der Waals surface area (Å²) in [6, 6.07) is 29.6. The molecule has 0 spiro atoms. The van der Waals surface area contributed by atoms with Crippen molar-refractivity contribution < 1.29 is 43.5 Å². The first kappa shape index (κ1) is 42.9. The lowest BCUT2D eigenvalue weighted by atomic mass is 9.86. The molecule has 14 heteroatoms. The van der Waals surface area contributed by atoms with Gasteiger partial charge in [0.1, 0.15) is 24.2 Å². The van der Waals surface area contributed by atoms with Gasteiger partial charge in [-0.1, -0.05) is 60.7 Å². The monoisotopic (exact) mass is 832 g/mol. The van der Waals surface area contributed by atoms with Gasteiger partial charge in [-0.05, 0) is 116 Å². The lowest BCUT2D eigenvalue weighted by molar-refractivity contribution is -0.147. The van der Waals surface area contributed by atoms with Crippen LogP contribution in [-0.2, 0) is 25.6 Å². The molecule has 320 valence electrons. The molecular formula is C47H52N4O10. The molecule has 3 saturated heterocycles. The van der Waals surface area contributed by atoms with Gasteiger partial charge in [-0.15, -0.1) is 0 Å². The molecule has 5 N–H and O–H groups in total. The number of rotatable bonds is 19. The summed E-state index contributed by atoms with van der Waals surface area (Å²) in [6.07, 6.45) is 2.88. The number of aromatic nitrogens is 1. The Kier molecular flexibility index (Phi) is 14.7. The van der Waals surface area contributed by atoms with Gasteiger partial charge in [0.05, 0.1) is 29.8 Å². The molecule has 61 heavy (non-hydrogen) atoms. The summed E-state index contributed by atoms with van der Waals surface area (Å²) in [6.45, 7) is 3.73. The van der Waals surface area contributed by atoms with E-state index in [-0.39, 0.29) is 48.3 Å². The Morgan fingerprint density at radius 1 is 0.852 bits per heavy atom. The maximum Gasteiger partial charge on any atom is 0.408 e. The van der Waals surface area contributed by atoms with Crippen LogP contribution >= 0.6 is 0 Å². The average molecular weight is 833 g/mol. The Morgan fingerprint density at radius 3 is 2.41 bits per heavy atom. The van der Waals surface area contributed by atoms with Crippen LogP contribution in [0, 0.1) is 5.92 Å². The van der Waals surface area contributed by atoms with E-state index in [1.807, 2.05) is 54.6 Å². The molecule has 1 unspecified atom stereocenters. The van der Waals surface area contributed by atoms with Crippen molar-refractivity contribution in [2.75, 3.05) is 45.9 Å². The molecule has 1 amide bonds. The number of H-pyrrole nitrogens is 1. The van der Waals surface area contributed by atoms with Gasteiger partial charge in [0.2, 0.25) is 5.56 Å². The van der Waals surface area contributed by atoms with Crippen LogP contribution in [0.25, 0.3) is 10.9 Å². The summed E-state index contributed by atoms with van der Waals surface area (Å²) in [5.41, 5.74) is 3.40. The van der Waals surface area contributed by atoms with Crippen LogP contribution < -0.4 is 20.9 Å². The van der Waals surface area contributed by atoms with Gasteiger partial charge in [0, 0.05) is 24.5 Å². The van der Waals surface area contributed by atoms with E-state index in [1.165, 1.54) is 12.1 Å². The SMILES string of the molecule is O=C(COC(=O)c1ccc(COc2cccc(C(NC(=O)O[C@H]3CN4CCC3CC4)c3ccccc3)c2)cc1)OCCCCCNC[C@@H](O)c1ccc(O)c2[nH]c(=O)ccc12. The van der Waals surface area contributed by atoms with E-state index in [1.54, 1.807) is 36.4 Å². The van der Waals surface area contributed by atoms with Gasteiger partial charge >= 0.3 is 18.0 Å². The molecule has 3 fully saturated rings. The summed E-state index contributed by atoms with van der Waals surface area (Å²) < 4.78 is 22.5. The number of fused-ring (bicyclic) bond motifs is 4. The average Bonchev–Trinajstić information content (AvgIpc) is 3.28. The van der Waals surface area contributed by atoms with Crippen LogP contribution in [0.4, 0.5) is 4.79 Å². The minimum atomic E-state index is -0.846. The van der Waals surface area contributed by atoms with Crippen molar-refractivity contribution in [3.05, 3.63) is 141 Å². The fourth-order valence-corrected chi connectivity index (χ4v) is 7.89. The molecule has 3 aliphatic rings. The first-order valence-corrected chi connectivity index (χ1v) is 20.8. The number of aliphatic hydroxyl groups excluding tert-OH is 1. The second kappa shape index (κ2) is 20.8. The number of ether oxygens (including phenoxy) is 4. The van der Waals surface area contributed by atoms with E-state index in [2.05, 4.69) is 20.5 Å². The highest BCUT2D eigenvalue weighted by molar-refractivity contribution is 5.90. The number of aliphatic hydroxyl groups is 1. The molecule has 3 aliphatic heterocycles. The highest BCUT2D eigenvalue weighted by atomic mass is 16.6. The van der Waals surface area contributed by atoms with Gasteiger partial charge < -0.3 is 44.8 Å². The topological polar surface area (TPSA) is 189 Å². The first-order valence-electron chi connectivity index (χ1n) is 20.8. The molecule has 0 saturated carbocycles. The molecule has 4 aromatic carbocycles. The first-order chi connectivity index (χ1) is 29.7. The number of esters is 2. The van der Waals surface area contributed by atoms with Gasteiger partial charge in [0.15, 0.2) is 6.61 Å². The molecule has 0 radical (unpaired) electrons. The van der Waals surface area contributed by atoms with Crippen LogP contribution in [0.1, 0.15) is 76.9 Å². The number of phenolic OH excluding ortho intramolecular Hbond substituents is 1. The number of alkyl carbamates (subject to hydrolysis) is 1. The highest BCUT2D eigenvalue weighted by Gasteiger charge is 2.37. The van der Waals surface area contributed by atoms with E-state index in [9.17, 15) is 29.4 Å². The Morgan fingerprint density at radius 2 is 1.64 bits per heavy atom. The van der Waals surface area contributed by atoms with Gasteiger partial charge in [0.25, 0.3) is 0 Å². The lowest BCUT2D eigenvalue weighted by Crippen LogP contribution is -2.52. The van der Waals surface area contributed by atoms with Crippen LogP contribution in [0.5, 0.6) is 11.5 Å². The maximum absolute atomic E-state index is 13.2. The van der Waals surface area contributed by atoms with Crippen molar-refractivity contribution in [2.24, 2.45) is 5.92 Å². The van der Waals surface area contributed by atoms with E-state index in [0.717, 1.165) is 62.0 Å². The van der Waals surface area contributed by atoms with Crippen molar-refractivity contribution in [3.8, 4) is 11.5 Å². The van der Waals surface area contributed by atoms with E-state index < -0.39 is 36.8 Å². The largest absolute Gasteiger partial charge is 0.506 e. The molecule has 3 atom stereocenters. The van der Waals surface area contributed by atoms with Gasteiger partial charge in [-0.2, -0.15) is 0 Å². The molecule has 5 aromatic rings. The summed E-state index contributed by atoms with van der Waals surface area (Å²) in [7, 11) is 0. The van der Waals surface area contributed by atoms with Crippen LogP contribution in [-0.4, -0.2) is 90.2 Å². The number of pyridine rings is 1. The Hall–Kier alpha value is -6.22. The lowest BCUT2D eigenvalue weighted by Gasteiger charge is -2.43. The van der Waals surface area contributed by atoms with Crippen LogP contribution in [0.15, 0.2) is 108 Å². The van der Waals surface area contributed by atoms with Crippen molar-refractivity contribution in [1.82, 2.24) is 20.5 Å². The fourth-order valence-electron chi connectivity index (χ4n) is 7.89. The summed E-state index contributed by atoms with van der Waals surface area (Å²) in [5, 5.41) is 27.6. The number of aromatic amines is 1. The molecule has 8 rings (SSSR count). The Bertz CT molecular complexity index is 2310. The zero-order valence-corrected chi connectivity index (χ0v) is 33.9. The predicted molar refractivity (Wildman–Crippen MR) is 227 cm³/mol. The number of amides is 1. The number of hydrogen-bond acceptors (Lipinski definition) is 12. The summed E-state index contributed by atoms with van der Waals surface area (Å²) in [5.74, 6) is -0.332. The van der Waals surface area contributed by atoms with Gasteiger partial charge in [-0.3, -0.25) is 9.69 Å². The zero-order valence-electron chi connectivity index (χ0n) is 33.9. The minimum Gasteiger partial charge on any atom is -0.506 e. The zero-order chi connectivity index (χ0) is 42.6. The molecule has 14 nitrogen and oxygen atoms in total. The number of aromatic hydroxyl groups is 1. The van der Waals surface area contributed by atoms with Crippen molar-refractivity contribution in [3.63, 3.8) is 0 Å². The Balaban J connectivity index is 0.791. The third kappa shape index (κ3) is 11.7. The molecule has 2 bridgehead atoms. The number of hydrogen-bond donors (Lipinski definition) is 5. The number of phenols is 1. The third-order valence-corrected chi connectivity index (χ3v) is 11.2. The molecule has 1 aromatic heterocycles. The maximum atomic E-state index is 13.2. The van der Waals surface area contributed by atoms with E-state index in [0.29, 0.717) is 35.6 Å². The van der Waals surface area contributed by atoms with Crippen molar-refractivity contribution in [2.45, 2.75) is 57.0 Å². The number of carbonyl (C=O) groups excluding carboxylic acids is 3. The van der Waals surface area contributed by atoms with E-state index >= 15 is 0 Å².